The lowest BCUT2D eigenvalue weighted by Gasteiger charge is -2.18. The Hall–Kier alpha value is -3.35. The Balaban J connectivity index is 1.80. The Kier molecular flexibility index (Phi) is 4.50. The summed E-state index contributed by atoms with van der Waals surface area (Å²) in [6.45, 7) is 4.20. The summed E-state index contributed by atoms with van der Waals surface area (Å²) in [6.07, 6.45) is 8.00. The first-order valence-corrected chi connectivity index (χ1v) is 8.95. The Labute approximate surface area is 157 Å². The molecule has 4 aromatic heterocycles. The van der Waals surface area contributed by atoms with Gasteiger partial charge in [-0.2, -0.15) is 5.10 Å². The lowest BCUT2D eigenvalue weighted by Crippen LogP contribution is -2.13. The first kappa shape index (κ1) is 17.1. The molecule has 4 heterocycles. The molecule has 0 aliphatic heterocycles. The molecule has 0 radical (unpaired) electrons. The van der Waals surface area contributed by atoms with Crippen LogP contribution in [0.2, 0.25) is 0 Å². The van der Waals surface area contributed by atoms with Gasteiger partial charge < -0.3 is 5.32 Å². The van der Waals surface area contributed by atoms with Crippen molar-refractivity contribution in [3.8, 4) is 11.4 Å². The van der Waals surface area contributed by atoms with E-state index in [0.29, 0.717) is 5.82 Å². The van der Waals surface area contributed by atoms with Gasteiger partial charge in [0.25, 0.3) is 0 Å². The Bertz CT molecular complexity index is 1070. The molecule has 1 atom stereocenters. The number of nitrogens with zero attached hydrogens (tertiary/aromatic N) is 6. The quantitative estimate of drug-likeness (QED) is 0.585. The second-order valence-corrected chi connectivity index (χ2v) is 6.50. The number of fused-ring (bicyclic) bond motifs is 1. The molecular formula is C20H21N7. The molecule has 0 aliphatic carbocycles. The van der Waals surface area contributed by atoms with Crippen molar-refractivity contribution in [1.29, 1.82) is 0 Å². The van der Waals surface area contributed by atoms with Crippen molar-refractivity contribution in [3.63, 3.8) is 0 Å². The molecule has 27 heavy (non-hydrogen) atoms. The van der Waals surface area contributed by atoms with E-state index in [2.05, 4.69) is 40.3 Å². The molecule has 0 amide bonds. The summed E-state index contributed by atoms with van der Waals surface area (Å²) in [5.74, 6) is 1.40. The molecule has 0 fully saturated rings. The summed E-state index contributed by atoms with van der Waals surface area (Å²) < 4.78 is 1.76. The minimum absolute atomic E-state index is 0.0495. The fourth-order valence-corrected chi connectivity index (χ4v) is 3.06. The number of rotatable bonds is 5. The highest BCUT2D eigenvalue weighted by molar-refractivity contribution is 5.88. The summed E-state index contributed by atoms with van der Waals surface area (Å²) >= 11 is 0. The fourth-order valence-electron chi connectivity index (χ4n) is 3.06. The van der Waals surface area contributed by atoms with Gasteiger partial charge in [-0.1, -0.05) is 6.92 Å². The SMILES string of the molecule is CC[C@H](Nc1nc(-c2ccncc2)nc2c1cnn2C)c1cc(C)ccn1. The predicted octanol–water partition coefficient (Wildman–Crippen LogP) is 3.69. The van der Waals surface area contributed by atoms with E-state index >= 15 is 0 Å². The highest BCUT2D eigenvalue weighted by Gasteiger charge is 2.17. The third kappa shape index (κ3) is 3.36. The normalized spacial score (nSPS) is 12.3. The lowest BCUT2D eigenvalue weighted by atomic mass is 10.1. The van der Waals surface area contributed by atoms with Gasteiger partial charge in [0.2, 0.25) is 0 Å². The van der Waals surface area contributed by atoms with Crippen LogP contribution in [0.1, 0.15) is 30.6 Å². The number of aryl methyl sites for hydroxylation is 2. The number of hydrogen-bond donors (Lipinski definition) is 1. The maximum atomic E-state index is 4.79. The molecule has 0 spiro atoms. The van der Waals surface area contributed by atoms with Crippen LogP contribution in [-0.2, 0) is 7.05 Å². The van der Waals surface area contributed by atoms with Gasteiger partial charge in [-0.15, -0.1) is 0 Å². The zero-order valence-corrected chi connectivity index (χ0v) is 15.6. The molecular weight excluding hydrogens is 338 g/mol. The van der Waals surface area contributed by atoms with Gasteiger partial charge in [-0.05, 0) is 43.2 Å². The van der Waals surface area contributed by atoms with E-state index in [0.717, 1.165) is 34.5 Å². The maximum absolute atomic E-state index is 4.79. The van der Waals surface area contributed by atoms with Gasteiger partial charge in [-0.25, -0.2) is 9.97 Å². The highest BCUT2D eigenvalue weighted by Crippen LogP contribution is 2.28. The molecule has 7 nitrogen and oxygen atoms in total. The van der Waals surface area contributed by atoms with Crippen molar-refractivity contribution >= 4 is 16.9 Å². The topological polar surface area (TPSA) is 81.4 Å². The van der Waals surface area contributed by atoms with Gasteiger partial charge in [0.15, 0.2) is 11.5 Å². The molecule has 136 valence electrons. The molecule has 0 unspecified atom stereocenters. The van der Waals surface area contributed by atoms with Gasteiger partial charge >= 0.3 is 0 Å². The summed E-state index contributed by atoms with van der Waals surface area (Å²) in [6, 6.07) is 7.96. The van der Waals surface area contributed by atoms with E-state index in [1.165, 1.54) is 5.56 Å². The number of nitrogens with one attached hydrogen (secondary N) is 1. The number of aromatic nitrogens is 6. The van der Waals surface area contributed by atoms with Crippen molar-refractivity contribution in [3.05, 3.63) is 60.3 Å². The average molecular weight is 359 g/mol. The van der Waals surface area contributed by atoms with Crippen LogP contribution < -0.4 is 5.32 Å². The van der Waals surface area contributed by atoms with Gasteiger partial charge in [0.05, 0.1) is 23.3 Å². The molecule has 0 aromatic carbocycles. The smallest absolute Gasteiger partial charge is 0.164 e. The van der Waals surface area contributed by atoms with E-state index in [-0.39, 0.29) is 6.04 Å². The third-order valence-corrected chi connectivity index (χ3v) is 4.54. The average Bonchev–Trinajstić information content (AvgIpc) is 3.08. The number of pyridine rings is 2. The maximum Gasteiger partial charge on any atom is 0.164 e. The third-order valence-electron chi connectivity index (χ3n) is 4.54. The molecule has 0 aliphatic rings. The zero-order chi connectivity index (χ0) is 18.8. The van der Waals surface area contributed by atoms with Gasteiger partial charge in [0.1, 0.15) is 5.82 Å². The summed E-state index contributed by atoms with van der Waals surface area (Å²) in [7, 11) is 1.88. The summed E-state index contributed by atoms with van der Waals surface area (Å²) in [5, 5.41) is 8.80. The Morgan fingerprint density at radius 1 is 1.11 bits per heavy atom. The molecule has 7 heteroatoms. The number of anilines is 1. The van der Waals surface area contributed by atoms with Crippen molar-refractivity contribution in [2.45, 2.75) is 26.3 Å². The van der Waals surface area contributed by atoms with Crippen LogP contribution >= 0.6 is 0 Å². The monoisotopic (exact) mass is 359 g/mol. The van der Waals surface area contributed by atoms with E-state index < -0.39 is 0 Å². The van der Waals surface area contributed by atoms with Crippen LogP contribution in [0, 0.1) is 6.92 Å². The fraction of sp³-hybridized carbons (Fsp3) is 0.250. The Morgan fingerprint density at radius 3 is 2.67 bits per heavy atom. The van der Waals surface area contributed by atoms with Crippen molar-refractivity contribution in [1.82, 2.24) is 29.7 Å². The van der Waals surface area contributed by atoms with Gasteiger partial charge in [0, 0.05) is 31.2 Å². The second-order valence-electron chi connectivity index (χ2n) is 6.50. The predicted molar refractivity (Wildman–Crippen MR) is 105 cm³/mol. The standard InChI is InChI=1S/C20H21N7/c1-4-16(17-11-13(2)5-10-22-17)24-19-15-12-23-27(3)20(15)26-18(25-19)14-6-8-21-9-7-14/h5-12,16H,4H2,1-3H3,(H,24,25,26)/t16-/m0/s1. The van der Waals surface area contributed by atoms with Crippen LogP contribution in [0.15, 0.2) is 49.1 Å². The van der Waals surface area contributed by atoms with Crippen LogP contribution in [0.3, 0.4) is 0 Å². The molecule has 1 N–H and O–H groups in total. The minimum Gasteiger partial charge on any atom is -0.361 e. The van der Waals surface area contributed by atoms with Crippen molar-refractivity contribution in [2.75, 3.05) is 5.32 Å². The van der Waals surface area contributed by atoms with Crippen LogP contribution in [0.5, 0.6) is 0 Å². The lowest BCUT2D eigenvalue weighted by molar-refractivity contribution is 0.719. The molecule has 0 saturated carbocycles. The number of hydrogen-bond acceptors (Lipinski definition) is 6. The van der Waals surface area contributed by atoms with Crippen LogP contribution in [0.25, 0.3) is 22.4 Å². The molecule has 4 aromatic rings. The van der Waals surface area contributed by atoms with Crippen LogP contribution in [-0.4, -0.2) is 29.7 Å². The summed E-state index contributed by atoms with van der Waals surface area (Å²) in [5.41, 5.74) is 3.88. The largest absolute Gasteiger partial charge is 0.361 e. The minimum atomic E-state index is 0.0495. The van der Waals surface area contributed by atoms with E-state index in [9.17, 15) is 0 Å². The highest BCUT2D eigenvalue weighted by atomic mass is 15.3. The van der Waals surface area contributed by atoms with Crippen molar-refractivity contribution < 1.29 is 0 Å². The molecule has 4 rings (SSSR count). The van der Waals surface area contributed by atoms with E-state index in [1.54, 1.807) is 23.3 Å². The zero-order valence-electron chi connectivity index (χ0n) is 15.6. The van der Waals surface area contributed by atoms with E-state index in [4.69, 9.17) is 9.97 Å². The van der Waals surface area contributed by atoms with Crippen molar-refractivity contribution in [2.24, 2.45) is 7.05 Å². The molecule has 0 bridgehead atoms. The van der Waals surface area contributed by atoms with Gasteiger partial charge in [-0.3, -0.25) is 14.6 Å². The van der Waals surface area contributed by atoms with E-state index in [1.807, 2.05) is 31.4 Å². The first-order valence-electron chi connectivity index (χ1n) is 8.95. The second kappa shape index (κ2) is 7.11. The Morgan fingerprint density at radius 2 is 1.93 bits per heavy atom. The molecule has 0 saturated heterocycles. The van der Waals surface area contributed by atoms with Crippen LogP contribution in [0.4, 0.5) is 5.82 Å². The first-order chi connectivity index (χ1) is 13.2. The summed E-state index contributed by atoms with van der Waals surface area (Å²) in [4.78, 5) is 18.1.